The first-order valence-electron chi connectivity index (χ1n) is 9.38. The second-order valence-electron chi connectivity index (χ2n) is 6.87. The van der Waals surface area contributed by atoms with Gasteiger partial charge in [0.25, 0.3) is 5.91 Å². The molecule has 2 heterocycles. The molecule has 1 aromatic heterocycles. The fourth-order valence-electron chi connectivity index (χ4n) is 3.54. The van der Waals surface area contributed by atoms with Crippen molar-refractivity contribution < 1.29 is 9.18 Å². The van der Waals surface area contributed by atoms with E-state index < -0.39 is 0 Å². The average molecular weight is 396 g/mol. The van der Waals surface area contributed by atoms with Crippen LogP contribution >= 0.6 is 11.8 Å². The standard InChI is InChI=1S/C22H22FN3OS/c1-25-20(15-19(24-25)16-7-3-2-4-8-16)22(27)26-12-11-21(28-14-13-26)17-9-5-6-10-18(17)23/h2-10,15,21H,11-14H2,1H3/t21-/m1/s1. The first kappa shape index (κ1) is 18.7. The number of thioether (sulfide) groups is 1. The van der Waals surface area contributed by atoms with E-state index in [1.165, 1.54) is 6.07 Å². The minimum absolute atomic E-state index is 0.0213. The molecule has 1 saturated heterocycles. The predicted molar refractivity (Wildman–Crippen MR) is 111 cm³/mol. The lowest BCUT2D eigenvalue weighted by molar-refractivity contribution is 0.0755. The van der Waals surface area contributed by atoms with Crippen LogP contribution in [0, 0.1) is 5.82 Å². The molecule has 1 aliphatic rings. The molecule has 0 unspecified atom stereocenters. The van der Waals surface area contributed by atoms with Crippen molar-refractivity contribution in [2.45, 2.75) is 11.7 Å². The Morgan fingerprint density at radius 1 is 1.11 bits per heavy atom. The lowest BCUT2D eigenvalue weighted by atomic mass is 10.1. The van der Waals surface area contributed by atoms with Gasteiger partial charge in [0, 0.05) is 42.3 Å². The Labute approximate surface area is 168 Å². The molecule has 0 aliphatic carbocycles. The maximum Gasteiger partial charge on any atom is 0.272 e. The first-order chi connectivity index (χ1) is 13.6. The second kappa shape index (κ2) is 8.19. The van der Waals surface area contributed by atoms with Gasteiger partial charge in [0.05, 0.1) is 5.69 Å². The summed E-state index contributed by atoms with van der Waals surface area (Å²) in [7, 11) is 1.80. The van der Waals surface area contributed by atoms with Crippen molar-refractivity contribution in [3.05, 3.63) is 77.7 Å². The molecule has 144 valence electrons. The number of carbonyl (C=O) groups excluding carboxylic acids is 1. The van der Waals surface area contributed by atoms with Crippen LogP contribution in [0.4, 0.5) is 4.39 Å². The normalized spacial score (nSPS) is 17.4. The van der Waals surface area contributed by atoms with E-state index in [4.69, 9.17) is 0 Å². The zero-order chi connectivity index (χ0) is 19.5. The van der Waals surface area contributed by atoms with Gasteiger partial charge in [0.1, 0.15) is 11.5 Å². The third-order valence-corrected chi connectivity index (χ3v) is 6.36. The summed E-state index contributed by atoms with van der Waals surface area (Å²) in [6.07, 6.45) is 0.737. The quantitative estimate of drug-likeness (QED) is 0.653. The minimum atomic E-state index is -0.168. The summed E-state index contributed by atoms with van der Waals surface area (Å²) < 4.78 is 15.8. The lowest BCUT2D eigenvalue weighted by Gasteiger charge is -2.20. The van der Waals surface area contributed by atoms with Crippen LogP contribution in [0.25, 0.3) is 11.3 Å². The number of rotatable bonds is 3. The number of hydrogen-bond donors (Lipinski definition) is 0. The summed E-state index contributed by atoms with van der Waals surface area (Å²) in [6.45, 7) is 1.26. The van der Waals surface area contributed by atoms with Gasteiger partial charge in [-0.15, -0.1) is 0 Å². The first-order valence-corrected chi connectivity index (χ1v) is 10.4. The SMILES string of the molecule is Cn1nc(-c2ccccc2)cc1C(=O)N1CCS[C@@H](c2ccccc2F)CC1. The van der Waals surface area contributed by atoms with Crippen molar-refractivity contribution in [3.8, 4) is 11.3 Å². The van der Waals surface area contributed by atoms with Crippen LogP contribution in [0.1, 0.15) is 27.7 Å². The lowest BCUT2D eigenvalue weighted by Crippen LogP contribution is -2.34. The van der Waals surface area contributed by atoms with E-state index in [-0.39, 0.29) is 17.0 Å². The molecule has 2 aromatic carbocycles. The minimum Gasteiger partial charge on any atom is -0.336 e. The third kappa shape index (κ3) is 3.83. The maximum absolute atomic E-state index is 14.1. The van der Waals surface area contributed by atoms with Crippen molar-refractivity contribution in [1.82, 2.24) is 14.7 Å². The molecule has 0 saturated carbocycles. The number of aromatic nitrogens is 2. The molecule has 1 aliphatic heterocycles. The molecular formula is C22H22FN3OS. The van der Waals surface area contributed by atoms with Crippen molar-refractivity contribution >= 4 is 17.7 Å². The van der Waals surface area contributed by atoms with Crippen LogP contribution in [0.15, 0.2) is 60.7 Å². The summed E-state index contributed by atoms with van der Waals surface area (Å²) in [4.78, 5) is 15.0. The highest BCUT2D eigenvalue weighted by atomic mass is 32.2. The van der Waals surface area contributed by atoms with Gasteiger partial charge in [-0.05, 0) is 18.6 Å². The molecule has 0 spiro atoms. The summed E-state index contributed by atoms with van der Waals surface area (Å²) in [6, 6.07) is 18.6. The van der Waals surface area contributed by atoms with Crippen molar-refractivity contribution in [3.63, 3.8) is 0 Å². The van der Waals surface area contributed by atoms with E-state index in [1.807, 2.05) is 53.4 Å². The van der Waals surface area contributed by atoms with Gasteiger partial charge >= 0.3 is 0 Å². The molecule has 0 radical (unpaired) electrons. The monoisotopic (exact) mass is 395 g/mol. The number of nitrogens with zero attached hydrogens (tertiary/aromatic N) is 3. The van der Waals surface area contributed by atoms with Gasteiger partial charge in [-0.1, -0.05) is 48.5 Å². The number of halogens is 1. The zero-order valence-electron chi connectivity index (χ0n) is 15.7. The molecule has 28 heavy (non-hydrogen) atoms. The third-order valence-electron chi connectivity index (χ3n) is 5.05. The van der Waals surface area contributed by atoms with Gasteiger partial charge in [-0.2, -0.15) is 16.9 Å². The van der Waals surface area contributed by atoms with Crippen molar-refractivity contribution in [2.75, 3.05) is 18.8 Å². The highest BCUT2D eigenvalue weighted by Crippen LogP contribution is 2.36. The number of hydrogen-bond acceptors (Lipinski definition) is 3. The largest absolute Gasteiger partial charge is 0.336 e. The van der Waals surface area contributed by atoms with Crippen LogP contribution in [-0.2, 0) is 7.05 Å². The predicted octanol–water partition coefficient (Wildman–Crippen LogP) is 4.55. The fraction of sp³-hybridized carbons (Fsp3) is 0.273. The van der Waals surface area contributed by atoms with E-state index in [0.29, 0.717) is 18.8 Å². The smallest absolute Gasteiger partial charge is 0.272 e. The van der Waals surface area contributed by atoms with Crippen LogP contribution in [0.5, 0.6) is 0 Å². The van der Waals surface area contributed by atoms with Gasteiger partial charge in [0.15, 0.2) is 0 Å². The van der Waals surface area contributed by atoms with Crippen molar-refractivity contribution in [1.29, 1.82) is 0 Å². The number of amides is 1. The van der Waals surface area contributed by atoms with Gasteiger partial charge in [-0.3, -0.25) is 9.48 Å². The average Bonchev–Trinajstić information content (AvgIpc) is 2.95. The topological polar surface area (TPSA) is 38.1 Å². The van der Waals surface area contributed by atoms with E-state index in [1.54, 1.807) is 29.6 Å². The molecule has 1 atom stereocenters. The Morgan fingerprint density at radius 2 is 1.86 bits per heavy atom. The van der Waals surface area contributed by atoms with E-state index in [0.717, 1.165) is 29.0 Å². The Kier molecular flexibility index (Phi) is 5.48. The molecule has 6 heteroatoms. The molecular weight excluding hydrogens is 373 g/mol. The molecule has 4 rings (SSSR count). The molecule has 1 fully saturated rings. The summed E-state index contributed by atoms with van der Waals surface area (Å²) in [5.41, 5.74) is 3.09. The van der Waals surface area contributed by atoms with Crippen LogP contribution < -0.4 is 0 Å². The Hall–Kier alpha value is -2.60. The second-order valence-corrected chi connectivity index (χ2v) is 8.18. The molecule has 1 amide bonds. The number of benzene rings is 2. The summed E-state index contributed by atoms with van der Waals surface area (Å²) >= 11 is 1.72. The maximum atomic E-state index is 14.1. The fourth-order valence-corrected chi connectivity index (χ4v) is 4.79. The van der Waals surface area contributed by atoms with E-state index in [2.05, 4.69) is 5.10 Å². The van der Waals surface area contributed by atoms with Gasteiger partial charge < -0.3 is 4.90 Å². The van der Waals surface area contributed by atoms with Crippen LogP contribution in [0.3, 0.4) is 0 Å². The highest BCUT2D eigenvalue weighted by molar-refractivity contribution is 7.99. The molecule has 0 N–H and O–H groups in total. The zero-order valence-corrected chi connectivity index (χ0v) is 16.5. The number of aryl methyl sites for hydroxylation is 1. The Bertz CT molecular complexity index is 973. The summed E-state index contributed by atoms with van der Waals surface area (Å²) in [5, 5.41) is 4.58. The number of carbonyl (C=O) groups is 1. The van der Waals surface area contributed by atoms with Crippen LogP contribution in [0.2, 0.25) is 0 Å². The molecule has 0 bridgehead atoms. The van der Waals surface area contributed by atoms with E-state index in [9.17, 15) is 9.18 Å². The Morgan fingerprint density at radius 3 is 2.64 bits per heavy atom. The van der Waals surface area contributed by atoms with Crippen molar-refractivity contribution in [2.24, 2.45) is 7.05 Å². The van der Waals surface area contributed by atoms with E-state index >= 15 is 0 Å². The Balaban J connectivity index is 1.50. The molecule has 4 nitrogen and oxygen atoms in total. The highest BCUT2D eigenvalue weighted by Gasteiger charge is 2.26. The molecule has 3 aromatic rings. The van der Waals surface area contributed by atoms with Crippen LogP contribution in [-0.4, -0.2) is 39.4 Å². The van der Waals surface area contributed by atoms with Gasteiger partial charge in [-0.25, -0.2) is 4.39 Å². The summed E-state index contributed by atoms with van der Waals surface area (Å²) in [5.74, 6) is 0.597. The van der Waals surface area contributed by atoms with Gasteiger partial charge in [0.2, 0.25) is 0 Å².